The van der Waals surface area contributed by atoms with Gasteiger partial charge in [0.2, 0.25) is 0 Å². The number of nitrogens with zero attached hydrogens (tertiary/aromatic N) is 5. The van der Waals surface area contributed by atoms with Crippen molar-refractivity contribution in [3.8, 4) is 28.3 Å². The summed E-state index contributed by atoms with van der Waals surface area (Å²) in [5.74, 6) is -0.453. The summed E-state index contributed by atoms with van der Waals surface area (Å²) >= 11 is 0. The highest BCUT2D eigenvalue weighted by Gasteiger charge is 2.24. The van der Waals surface area contributed by atoms with Crippen molar-refractivity contribution in [2.45, 2.75) is 19.4 Å². The quantitative estimate of drug-likeness (QED) is 0.431. The Bertz CT molecular complexity index is 1270. The zero-order chi connectivity index (χ0) is 20.2. The molecule has 30 heavy (non-hydrogen) atoms. The van der Waals surface area contributed by atoms with Gasteiger partial charge in [-0.15, -0.1) is 0 Å². The maximum atomic E-state index is 14.4. The van der Waals surface area contributed by atoms with Crippen molar-refractivity contribution in [2.75, 3.05) is 18.0 Å². The van der Waals surface area contributed by atoms with Gasteiger partial charge in [0, 0.05) is 48.7 Å². The Balaban J connectivity index is 1.49. The molecule has 0 N–H and O–H groups in total. The molecule has 1 saturated heterocycles. The highest BCUT2D eigenvalue weighted by molar-refractivity contribution is 5.72. The van der Waals surface area contributed by atoms with E-state index in [0.29, 0.717) is 23.5 Å². The Kier molecular flexibility index (Phi) is 3.78. The van der Waals surface area contributed by atoms with Crippen LogP contribution in [0.4, 0.5) is 14.5 Å². The number of rotatable bonds is 2. The van der Waals surface area contributed by atoms with E-state index in [4.69, 9.17) is 0 Å². The molecule has 0 amide bonds. The Hall–Kier alpha value is -3.48. The van der Waals surface area contributed by atoms with Gasteiger partial charge in [-0.1, -0.05) is 0 Å². The topological polar surface area (TPSA) is 38.9 Å². The van der Waals surface area contributed by atoms with Gasteiger partial charge in [0.1, 0.15) is 18.0 Å². The zero-order valence-corrected chi connectivity index (χ0v) is 16.2. The van der Waals surface area contributed by atoms with Crippen molar-refractivity contribution in [3.63, 3.8) is 0 Å². The van der Waals surface area contributed by atoms with Gasteiger partial charge >= 0.3 is 0 Å². The normalized spacial score (nSPS) is 14.9. The third-order valence-corrected chi connectivity index (χ3v) is 6.02. The fourth-order valence-electron chi connectivity index (χ4n) is 4.55. The summed E-state index contributed by atoms with van der Waals surface area (Å²) in [4.78, 5) is 6.87. The minimum absolute atomic E-state index is 0.370. The molecule has 2 aromatic carbocycles. The van der Waals surface area contributed by atoms with Crippen LogP contribution in [-0.2, 0) is 6.54 Å². The first-order valence-corrected chi connectivity index (χ1v) is 10.1. The number of hydrogen-bond donors (Lipinski definition) is 0. The van der Waals surface area contributed by atoms with Crippen LogP contribution in [0.2, 0.25) is 0 Å². The summed E-state index contributed by atoms with van der Waals surface area (Å²) in [5, 5.41) is 4.45. The minimum Gasteiger partial charge on any atom is -0.372 e. The number of hydrogen-bond acceptors (Lipinski definition) is 3. The predicted octanol–water partition coefficient (Wildman–Crippen LogP) is 4.64. The third-order valence-electron chi connectivity index (χ3n) is 6.02. The lowest BCUT2D eigenvalue weighted by molar-refractivity contribution is 0.585. The molecular formula is C23H19F2N5. The van der Waals surface area contributed by atoms with Crippen LogP contribution in [0, 0.1) is 11.6 Å². The smallest absolute Gasteiger partial charge is 0.179 e. The number of aromatic nitrogens is 4. The Labute approximate surface area is 172 Å². The molecule has 4 heterocycles. The van der Waals surface area contributed by atoms with E-state index in [-0.39, 0.29) is 0 Å². The second-order valence-corrected chi connectivity index (χ2v) is 7.87. The SMILES string of the molecule is Fc1ccc(-c2cc3n(c2)Cc2cc(N4CCCC4)ccc2-n2ncnc2-3)c(F)c1. The van der Waals surface area contributed by atoms with Crippen LogP contribution < -0.4 is 4.90 Å². The largest absolute Gasteiger partial charge is 0.372 e. The van der Waals surface area contributed by atoms with E-state index < -0.39 is 11.6 Å². The van der Waals surface area contributed by atoms with Crippen molar-refractivity contribution in [1.29, 1.82) is 0 Å². The summed E-state index contributed by atoms with van der Waals surface area (Å²) in [5.41, 5.74) is 5.26. The monoisotopic (exact) mass is 403 g/mol. The second kappa shape index (κ2) is 6.52. The maximum Gasteiger partial charge on any atom is 0.179 e. The molecular weight excluding hydrogens is 384 g/mol. The van der Waals surface area contributed by atoms with Crippen molar-refractivity contribution in [3.05, 3.63) is 72.2 Å². The first-order chi connectivity index (χ1) is 14.7. The predicted molar refractivity (Wildman–Crippen MR) is 111 cm³/mol. The molecule has 0 bridgehead atoms. The first kappa shape index (κ1) is 17.4. The van der Waals surface area contributed by atoms with E-state index in [2.05, 4.69) is 37.7 Å². The fraction of sp³-hybridized carbons (Fsp3) is 0.217. The Morgan fingerprint density at radius 2 is 1.80 bits per heavy atom. The van der Waals surface area contributed by atoms with Gasteiger partial charge in [-0.3, -0.25) is 0 Å². The van der Waals surface area contributed by atoms with Crippen LogP contribution in [0.5, 0.6) is 0 Å². The highest BCUT2D eigenvalue weighted by atomic mass is 19.1. The second-order valence-electron chi connectivity index (χ2n) is 7.87. The van der Waals surface area contributed by atoms with E-state index in [9.17, 15) is 8.78 Å². The molecule has 0 spiro atoms. The lowest BCUT2D eigenvalue weighted by Crippen LogP contribution is -2.18. The first-order valence-electron chi connectivity index (χ1n) is 10.1. The molecule has 4 aromatic rings. The van der Waals surface area contributed by atoms with E-state index in [0.717, 1.165) is 36.1 Å². The van der Waals surface area contributed by atoms with Gasteiger partial charge in [0.15, 0.2) is 5.82 Å². The molecule has 0 unspecified atom stereocenters. The van der Waals surface area contributed by atoms with E-state index in [1.165, 1.54) is 37.0 Å². The van der Waals surface area contributed by atoms with Crippen LogP contribution >= 0.6 is 0 Å². The van der Waals surface area contributed by atoms with Crippen LogP contribution in [0.15, 0.2) is 55.0 Å². The van der Waals surface area contributed by atoms with E-state index >= 15 is 0 Å². The van der Waals surface area contributed by atoms with Crippen molar-refractivity contribution >= 4 is 5.69 Å². The van der Waals surface area contributed by atoms with Crippen LogP contribution in [-0.4, -0.2) is 32.4 Å². The lowest BCUT2D eigenvalue weighted by Gasteiger charge is -2.19. The molecule has 0 saturated carbocycles. The average Bonchev–Trinajstić information content (AvgIpc) is 3.48. The highest BCUT2D eigenvalue weighted by Crippen LogP contribution is 2.35. The Morgan fingerprint density at radius 1 is 0.933 bits per heavy atom. The average molecular weight is 403 g/mol. The minimum atomic E-state index is -0.583. The third kappa shape index (κ3) is 2.65. The number of anilines is 1. The molecule has 2 aromatic heterocycles. The standard InChI is InChI=1S/C23H19F2N5/c24-17-3-5-19(20(25)11-17)15-10-22-23-26-14-27-30(23)21-6-4-18(28-7-1-2-8-28)9-16(21)13-29(22)12-15/h3-6,9-12,14H,1-2,7-8,13H2. The van der Waals surface area contributed by atoms with Gasteiger partial charge in [0.25, 0.3) is 0 Å². The molecule has 0 radical (unpaired) electrons. The summed E-state index contributed by atoms with van der Waals surface area (Å²) in [7, 11) is 0. The van der Waals surface area contributed by atoms with Gasteiger partial charge in [-0.05, 0) is 54.8 Å². The molecule has 0 aliphatic carbocycles. The molecule has 0 atom stereocenters. The summed E-state index contributed by atoms with van der Waals surface area (Å²) in [6, 6.07) is 12.0. The summed E-state index contributed by atoms with van der Waals surface area (Å²) in [6.07, 6.45) is 5.88. The number of halogens is 2. The molecule has 2 aliphatic rings. The van der Waals surface area contributed by atoms with Crippen molar-refractivity contribution in [1.82, 2.24) is 19.3 Å². The van der Waals surface area contributed by atoms with Crippen molar-refractivity contribution < 1.29 is 8.78 Å². The molecule has 5 nitrogen and oxygen atoms in total. The lowest BCUT2D eigenvalue weighted by atomic mass is 10.1. The van der Waals surface area contributed by atoms with Crippen LogP contribution in [0.3, 0.4) is 0 Å². The van der Waals surface area contributed by atoms with Crippen molar-refractivity contribution in [2.24, 2.45) is 0 Å². The Morgan fingerprint density at radius 3 is 2.63 bits per heavy atom. The van der Waals surface area contributed by atoms with Gasteiger partial charge in [-0.2, -0.15) is 5.10 Å². The fourth-order valence-corrected chi connectivity index (χ4v) is 4.55. The van der Waals surface area contributed by atoms with Gasteiger partial charge < -0.3 is 9.47 Å². The number of fused-ring (bicyclic) bond motifs is 5. The zero-order valence-electron chi connectivity index (χ0n) is 16.2. The number of benzene rings is 2. The van der Waals surface area contributed by atoms with E-state index in [1.807, 2.05) is 16.9 Å². The van der Waals surface area contributed by atoms with Gasteiger partial charge in [-0.25, -0.2) is 18.4 Å². The van der Waals surface area contributed by atoms with Crippen LogP contribution in [0.25, 0.3) is 28.3 Å². The summed E-state index contributed by atoms with van der Waals surface area (Å²) in [6.45, 7) is 2.78. The van der Waals surface area contributed by atoms with E-state index in [1.54, 1.807) is 0 Å². The molecule has 1 fully saturated rings. The molecule has 150 valence electrons. The summed E-state index contributed by atoms with van der Waals surface area (Å²) < 4.78 is 31.7. The van der Waals surface area contributed by atoms with Gasteiger partial charge in [0.05, 0.1) is 11.4 Å². The molecule has 2 aliphatic heterocycles. The molecule has 6 rings (SSSR count). The maximum absolute atomic E-state index is 14.4. The molecule has 7 heteroatoms. The van der Waals surface area contributed by atoms with Crippen LogP contribution in [0.1, 0.15) is 18.4 Å².